The Bertz CT molecular complexity index is 415. The molecule has 1 heterocycles. The van der Waals surface area contributed by atoms with Crippen LogP contribution in [0.25, 0.3) is 0 Å². The van der Waals surface area contributed by atoms with Crippen molar-refractivity contribution in [2.75, 3.05) is 19.0 Å². The van der Waals surface area contributed by atoms with Gasteiger partial charge in [0.2, 0.25) is 5.88 Å². The van der Waals surface area contributed by atoms with Gasteiger partial charge in [0.25, 0.3) is 0 Å². The number of aryl methyl sites for hydroxylation is 1. The first kappa shape index (κ1) is 14.1. The number of ether oxygens (including phenoxy) is 1. The fourth-order valence-corrected chi connectivity index (χ4v) is 2.55. The maximum atomic E-state index is 10.6. The number of aromatic nitrogens is 2. The summed E-state index contributed by atoms with van der Waals surface area (Å²) in [6.45, 7) is 2.36. The van der Waals surface area contributed by atoms with Crippen molar-refractivity contribution in [1.82, 2.24) is 9.97 Å². The molecule has 0 saturated heterocycles. The predicted molar refractivity (Wildman–Crippen MR) is 74.5 cm³/mol. The summed E-state index contributed by atoms with van der Waals surface area (Å²) in [6.07, 6.45) is 6.38. The molecule has 2 rings (SSSR count). The van der Waals surface area contributed by atoms with E-state index in [2.05, 4.69) is 15.3 Å². The lowest BCUT2D eigenvalue weighted by Crippen LogP contribution is -2.36. The van der Waals surface area contributed by atoms with Gasteiger partial charge in [-0.05, 0) is 19.8 Å². The summed E-state index contributed by atoms with van der Waals surface area (Å²) >= 11 is 0. The number of methoxy groups -OCH3 is 1. The summed E-state index contributed by atoms with van der Waals surface area (Å²) < 4.78 is 5.12. The number of hydrogen-bond donors (Lipinski definition) is 2. The van der Waals surface area contributed by atoms with Crippen LogP contribution in [0.15, 0.2) is 6.07 Å². The summed E-state index contributed by atoms with van der Waals surface area (Å²) in [4.78, 5) is 8.45. The maximum Gasteiger partial charge on any atom is 0.218 e. The van der Waals surface area contributed by atoms with Crippen LogP contribution < -0.4 is 10.1 Å². The van der Waals surface area contributed by atoms with Gasteiger partial charge in [-0.25, -0.2) is 4.98 Å². The minimum absolute atomic E-state index is 0.534. The van der Waals surface area contributed by atoms with E-state index in [-0.39, 0.29) is 0 Å². The molecule has 1 fully saturated rings. The Kier molecular flexibility index (Phi) is 4.58. The van der Waals surface area contributed by atoms with Gasteiger partial charge < -0.3 is 15.2 Å². The molecule has 0 amide bonds. The Balaban J connectivity index is 1.99. The van der Waals surface area contributed by atoms with Crippen molar-refractivity contribution in [1.29, 1.82) is 0 Å². The highest BCUT2D eigenvalue weighted by Crippen LogP contribution is 2.27. The zero-order chi connectivity index (χ0) is 13.7. The molecule has 1 saturated carbocycles. The fraction of sp³-hybridized carbons (Fsp3) is 0.714. The first-order valence-corrected chi connectivity index (χ1v) is 6.97. The molecule has 1 aromatic rings. The van der Waals surface area contributed by atoms with E-state index in [9.17, 15) is 5.11 Å². The van der Waals surface area contributed by atoms with E-state index in [1.54, 1.807) is 13.2 Å². The van der Waals surface area contributed by atoms with Gasteiger partial charge in [-0.1, -0.05) is 25.7 Å². The number of aliphatic hydroxyl groups is 1. The summed E-state index contributed by atoms with van der Waals surface area (Å²) in [5, 5.41) is 13.8. The third kappa shape index (κ3) is 4.06. The molecule has 5 heteroatoms. The van der Waals surface area contributed by atoms with Crippen LogP contribution in [0.3, 0.4) is 0 Å². The first-order chi connectivity index (χ1) is 9.11. The van der Waals surface area contributed by atoms with Crippen LogP contribution in [0, 0.1) is 6.92 Å². The van der Waals surface area contributed by atoms with Gasteiger partial charge in [0.05, 0.1) is 12.7 Å². The SMILES string of the molecule is COc1cc(NCC2(O)CCCCCC2)nc(C)n1. The van der Waals surface area contributed by atoms with Crippen LogP contribution in [0.5, 0.6) is 5.88 Å². The monoisotopic (exact) mass is 265 g/mol. The normalized spacial score (nSPS) is 18.7. The second-order valence-corrected chi connectivity index (χ2v) is 5.33. The van der Waals surface area contributed by atoms with Crippen LogP contribution in [0.1, 0.15) is 44.3 Å². The number of nitrogens with zero attached hydrogens (tertiary/aromatic N) is 2. The van der Waals surface area contributed by atoms with Crippen LogP contribution >= 0.6 is 0 Å². The van der Waals surface area contributed by atoms with Gasteiger partial charge in [0.1, 0.15) is 11.6 Å². The smallest absolute Gasteiger partial charge is 0.218 e. The number of nitrogens with one attached hydrogen (secondary N) is 1. The quantitative estimate of drug-likeness (QED) is 0.818. The highest BCUT2D eigenvalue weighted by molar-refractivity contribution is 5.38. The molecule has 1 aromatic heterocycles. The molecule has 1 aliphatic carbocycles. The summed E-state index contributed by atoms with van der Waals surface area (Å²) in [6, 6.07) is 1.76. The first-order valence-electron chi connectivity index (χ1n) is 6.97. The van der Waals surface area contributed by atoms with Crippen molar-refractivity contribution in [2.24, 2.45) is 0 Å². The lowest BCUT2D eigenvalue weighted by molar-refractivity contribution is 0.0380. The Hall–Kier alpha value is -1.36. The molecule has 5 nitrogen and oxygen atoms in total. The summed E-state index contributed by atoms with van der Waals surface area (Å²) in [5.74, 6) is 1.92. The van der Waals surface area contributed by atoms with Crippen molar-refractivity contribution < 1.29 is 9.84 Å². The zero-order valence-corrected chi connectivity index (χ0v) is 11.8. The molecule has 0 spiro atoms. The average Bonchev–Trinajstić information content (AvgIpc) is 2.61. The zero-order valence-electron chi connectivity index (χ0n) is 11.8. The minimum Gasteiger partial charge on any atom is -0.481 e. The molecular formula is C14H23N3O2. The second-order valence-electron chi connectivity index (χ2n) is 5.33. The molecule has 0 bridgehead atoms. The average molecular weight is 265 g/mol. The standard InChI is InChI=1S/C14H23N3O2/c1-11-16-12(9-13(17-11)19-2)15-10-14(18)7-5-3-4-6-8-14/h9,18H,3-8,10H2,1-2H3,(H,15,16,17). The predicted octanol–water partition coefficient (Wildman–Crippen LogP) is 2.29. The lowest BCUT2D eigenvalue weighted by atomic mass is 9.94. The van der Waals surface area contributed by atoms with Crippen molar-refractivity contribution in [3.8, 4) is 5.88 Å². The number of hydrogen-bond acceptors (Lipinski definition) is 5. The Morgan fingerprint density at radius 1 is 1.26 bits per heavy atom. The summed E-state index contributed by atoms with van der Waals surface area (Å²) in [5.41, 5.74) is -0.609. The van der Waals surface area contributed by atoms with Crippen LogP contribution in [0.2, 0.25) is 0 Å². The largest absolute Gasteiger partial charge is 0.481 e. The van der Waals surface area contributed by atoms with E-state index >= 15 is 0 Å². The van der Waals surface area contributed by atoms with E-state index in [0.29, 0.717) is 24.1 Å². The second kappa shape index (κ2) is 6.19. The van der Waals surface area contributed by atoms with Crippen molar-refractivity contribution in [2.45, 2.75) is 51.0 Å². The van der Waals surface area contributed by atoms with E-state index in [4.69, 9.17) is 4.74 Å². The van der Waals surface area contributed by atoms with Crippen LogP contribution in [0.4, 0.5) is 5.82 Å². The van der Waals surface area contributed by atoms with Gasteiger partial charge in [-0.3, -0.25) is 0 Å². The topological polar surface area (TPSA) is 67.3 Å². The molecule has 106 valence electrons. The van der Waals surface area contributed by atoms with Gasteiger partial charge in [-0.15, -0.1) is 0 Å². The lowest BCUT2D eigenvalue weighted by Gasteiger charge is -2.27. The fourth-order valence-electron chi connectivity index (χ4n) is 2.55. The third-order valence-electron chi connectivity index (χ3n) is 3.66. The highest BCUT2D eigenvalue weighted by atomic mass is 16.5. The molecule has 2 N–H and O–H groups in total. The van der Waals surface area contributed by atoms with E-state index in [1.165, 1.54) is 12.8 Å². The van der Waals surface area contributed by atoms with Crippen molar-refractivity contribution in [3.63, 3.8) is 0 Å². The Morgan fingerprint density at radius 3 is 2.58 bits per heavy atom. The minimum atomic E-state index is -0.609. The van der Waals surface area contributed by atoms with Crippen molar-refractivity contribution in [3.05, 3.63) is 11.9 Å². The van der Waals surface area contributed by atoms with Crippen LogP contribution in [-0.2, 0) is 0 Å². The highest BCUT2D eigenvalue weighted by Gasteiger charge is 2.27. The number of anilines is 1. The van der Waals surface area contributed by atoms with Gasteiger partial charge in [0, 0.05) is 12.6 Å². The van der Waals surface area contributed by atoms with Crippen LogP contribution in [-0.4, -0.2) is 34.3 Å². The molecule has 0 unspecified atom stereocenters. The molecule has 0 atom stereocenters. The van der Waals surface area contributed by atoms with E-state index < -0.39 is 5.60 Å². The van der Waals surface area contributed by atoms with Crippen molar-refractivity contribution >= 4 is 5.82 Å². The molecule has 0 aromatic carbocycles. The molecule has 19 heavy (non-hydrogen) atoms. The third-order valence-corrected chi connectivity index (χ3v) is 3.66. The van der Waals surface area contributed by atoms with Gasteiger partial charge in [-0.2, -0.15) is 4.98 Å². The van der Waals surface area contributed by atoms with E-state index in [1.807, 2.05) is 6.92 Å². The molecular weight excluding hydrogens is 242 g/mol. The number of rotatable bonds is 4. The molecule has 0 aliphatic heterocycles. The Morgan fingerprint density at radius 2 is 1.95 bits per heavy atom. The Labute approximate surface area is 114 Å². The van der Waals surface area contributed by atoms with Gasteiger partial charge in [0.15, 0.2) is 0 Å². The maximum absolute atomic E-state index is 10.6. The summed E-state index contributed by atoms with van der Waals surface area (Å²) in [7, 11) is 1.59. The molecule has 0 radical (unpaired) electrons. The molecule has 1 aliphatic rings. The van der Waals surface area contributed by atoms with Gasteiger partial charge >= 0.3 is 0 Å². The van der Waals surface area contributed by atoms with E-state index in [0.717, 1.165) is 25.7 Å².